The molecule has 0 saturated carbocycles. The minimum Gasteiger partial charge on any atom is -0.399 e. The average molecular weight is 480 g/mol. The number of nitrogen functional groups attached to an aromatic ring is 1. The van der Waals surface area contributed by atoms with E-state index in [2.05, 4.69) is 104 Å². The minimum absolute atomic E-state index is 0.187. The van der Waals surface area contributed by atoms with Crippen molar-refractivity contribution in [1.29, 1.82) is 0 Å². The summed E-state index contributed by atoms with van der Waals surface area (Å²) in [5.74, 6) is 0. The molecule has 0 fully saturated rings. The highest BCUT2D eigenvalue weighted by molar-refractivity contribution is 5.95. The number of anilines is 1. The van der Waals surface area contributed by atoms with Crippen molar-refractivity contribution in [2.75, 3.05) is 5.73 Å². The molecule has 6 rings (SSSR count). The Hall–Kier alpha value is -4.10. The zero-order valence-corrected chi connectivity index (χ0v) is 21.3. The average Bonchev–Trinajstić information content (AvgIpc) is 3.21. The minimum atomic E-state index is -0.187. The molecule has 1 heteroatoms. The van der Waals surface area contributed by atoms with Crippen LogP contribution in [-0.2, 0) is 5.41 Å². The molecule has 182 valence electrons. The van der Waals surface area contributed by atoms with Gasteiger partial charge in [0.25, 0.3) is 0 Å². The van der Waals surface area contributed by atoms with Crippen LogP contribution in [0.1, 0.15) is 43.2 Å². The maximum absolute atomic E-state index is 6.00. The third-order valence-electron chi connectivity index (χ3n) is 8.05. The van der Waals surface area contributed by atoms with Crippen LogP contribution < -0.4 is 5.73 Å². The van der Waals surface area contributed by atoms with Crippen molar-refractivity contribution in [2.45, 2.75) is 37.5 Å². The van der Waals surface area contributed by atoms with Gasteiger partial charge < -0.3 is 5.73 Å². The van der Waals surface area contributed by atoms with Gasteiger partial charge in [0.05, 0.1) is 0 Å². The Bertz CT molecular complexity index is 1560. The smallest absolute Gasteiger partial charge is 0.0461 e. The lowest BCUT2D eigenvalue weighted by Crippen LogP contribution is -2.28. The zero-order chi connectivity index (χ0) is 25.2. The summed E-state index contributed by atoms with van der Waals surface area (Å²) in [6, 6.07) is 29.0. The van der Waals surface area contributed by atoms with Gasteiger partial charge in [-0.2, -0.15) is 0 Å². The van der Waals surface area contributed by atoms with Crippen LogP contribution in [0, 0.1) is 0 Å². The number of allylic oxidation sites excluding steroid dienone is 7. The highest BCUT2D eigenvalue weighted by atomic mass is 14.5. The number of fused-ring (bicyclic) bond motifs is 4. The molecule has 37 heavy (non-hydrogen) atoms. The first-order valence-electron chi connectivity index (χ1n) is 13.4. The van der Waals surface area contributed by atoms with E-state index < -0.39 is 0 Å². The summed E-state index contributed by atoms with van der Waals surface area (Å²) in [6.07, 6.45) is 18.8. The maximum atomic E-state index is 6.00. The third-order valence-corrected chi connectivity index (χ3v) is 8.05. The van der Waals surface area contributed by atoms with Gasteiger partial charge in [-0.05, 0) is 107 Å². The van der Waals surface area contributed by atoms with E-state index in [0.717, 1.165) is 37.8 Å². The molecule has 1 unspecified atom stereocenters. The quantitative estimate of drug-likeness (QED) is 0.159. The first-order chi connectivity index (χ1) is 18.2. The highest BCUT2D eigenvalue weighted by Crippen LogP contribution is 2.57. The van der Waals surface area contributed by atoms with Crippen molar-refractivity contribution in [3.8, 4) is 22.3 Å². The van der Waals surface area contributed by atoms with Crippen LogP contribution in [0.15, 0.2) is 127 Å². The predicted molar refractivity (Wildman–Crippen MR) is 160 cm³/mol. The van der Waals surface area contributed by atoms with Gasteiger partial charge in [-0.1, -0.05) is 90.6 Å². The molecule has 2 aliphatic rings. The molecular formula is C36H33N. The Balaban J connectivity index is 1.61. The van der Waals surface area contributed by atoms with E-state index in [1.54, 1.807) is 0 Å². The van der Waals surface area contributed by atoms with E-state index in [0.29, 0.717) is 0 Å². The van der Waals surface area contributed by atoms with Crippen LogP contribution in [0.3, 0.4) is 0 Å². The summed E-state index contributed by atoms with van der Waals surface area (Å²) < 4.78 is 0. The third kappa shape index (κ3) is 4.05. The van der Waals surface area contributed by atoms with Crippen LogP contribution in [0.2, 0.25) is 0 Å². The van der Waals surface area contributed by atoms with Crippen molar-refractivity contribution in [3.63, 3.8) is 0 Å². The van der Waals surface area contributed by atoms with Gasteiger partial charge in [0.2, 0.25) is 0 Å². The summed E-state index contributed by atoms with van der Waals surface area (Å²) in [5, 5.41) is 2.60. The first kappa shape index (κ1) is 23.3. The Kier molecular flexibility index (Phi) is 6.14. The van der Waals surface area contributed by atoms with Crippen LogP contribution in [0.25, 0.3) is 33.0 Å². The van der Waals surface area contributed by atoms with E-state index >= 15 is 0 Å². The first-order valence-corrected chi connectivity index (χ1v) is 13.4. The van der Waals surface area contributed by atoms with E-state index in [1.807, 2.05) is 18.2 Å². The van der Waals surface area contributed by atoms with Gasteiger partial charge in [-0.3, -0.25) is 0 Å². The summed E-state index contributed by atoms with van der Waals surface area (Å²) in [5.41, 5.74) is 16.1. The summed E-state index contributed by atoms with van der Waals surface area (Å²) in [6.45, 7) is 3.90. The van der Waals surface area contributed by atoms with E-state index in [9.17, 15) is 0 Å². The molecule has 0 bridgehead atoms. The molecule has 1 nitrogen and oxygen atoms in total. The summed E-state index contributed by atoms with van der Waals surface area (Å²) in [4.78, 5) is 0. The maximum Gasteiger partial charge on any atom is 0.0461 e. The topological polar surface area (TPSA) is 26.0 Å². The number of hydrogen-bond donors (Lipinski definition) is 1. The predicted octanol–water partition coefficient (Wildman–Crippen LogP) is 9.54. The molecule has 0 spiro atoms. The van der Waals surface area contributed by atoms with Gasteiger partial charge in [0, 0.05) is 11.1 Å². The fraction of sp³-hybridized carbons (Fsp3) is 0.167. The lowest BCUT2D eigenvalue weighted by molar-refractivity contribution is 0.596. The molecule has 2 N–H and O–H groups in total. The Morgan fingerprint density at radius 2 is 1.54 bits per heavy atom. The SMILES string of the molecule is C=CCC/C=C\CC1(C2=CC=CCC2)c2cc(-c3ccc(N)cc3)ccc2-c2cc3ccccc3cc21. The number of benzene rings is 4. The van der Waals surface area contributed by atoms with Crippen molar-refractivity contribution in [3.05, 3.63) is 139 Å². The Morgan fingerprint density at radius 3 is 2.30 bits per heavy atom. The number of nitrogens with two attached hydrogens (primary N) is 1. The van der Waals surface area contributed by atoms with Crippen molar-refractivity contribution < 1.29 is 0 Å². The number of hydrogen-bond acceptors (Lipinski definition) is 1. The molecule has 1 atom stereocenters. The molecule has 0 aliphatic heterocycles. The van der Waals surface area contributed by atoms with Gasteiger partial charge >= 0.3 is 0 Å². The molecule has 0 heterocycles. The summed E-state index contributed by atoms with van der Waals surface area (Å²) in [7, 11) is 0. The van der Waals surface area contributed by atoms with Crippen LogP contribution in [-0.4, -0.2) is 0 Å². The number of unbranched alkanes of at least 4 members (excludes halogenated alkanes) is 1. The molecule has 0 amide bonds. The molecule has 2 aliphatic carbocycles. The van der Waals surface area contributed by atoms with E-state index in [1.165, 1.54) is 49.7 Å². The van der Waals surface area contributed by atoms with Crippen molar-refractivity contribution in [1.82, 2.24) is 0 Å². The van der Waals surface area contributed by atoms with Crippen molar-refractivity contribution in [2.24, 2.45) is 0 Å². The molecule has 4 aromatic carbocycles. The van der Waals surface area contributed by atoms with Gasteiger partial charge in [-0.25, -0.2) is 0 Å². The lowest BCUT2D eigenvalue weighted by atomic mass is 9.67. The number of rotatable bonds is 7. The highest BCUT2D eigenvalue weighted by Gasteiger charge is 2.45. The van der Waals surface area contributed by atoms with Crippen LogP contribution >= 0.6 is 0 Å². The van der Waals surface area contributed by atoms with Crippen LogP contribution in [0.5, 0.6) is 0 Å². The largest absolute Gasteiger partial charge is 0.399 e. The second kappa shape index (κ2) is 9.75. The molecule has 0 aromatic heterocycles. The monoisotopic (exact) mass is 479 g/mol. The Labute approximate surface area is 220 Å². The van der Waals surface area contributed by atoms with Crippen LogP contribution in [0.4, 0.5) is 5.69 Å². The molecule has 0 radical (unpaired) electrons. The molecule has 0 saturated heterocycles. The fourth-order valence-electron chi connectivity index (χ4n) is 6.20. The van der Waals surface area contributed by atoms with Gasteiger partial charge in [-0.15, -0.1) is 6.58 Å². The summed E-state index contributed by atoms with van der Waals surface area (Å²) >= 11 is 0. The fourth-order valence-corrected chi connectivity index (χ4v) is 6.20. The van der Waals surface area contributed by atoms with E-state index in [4.69, 9.17) is 5.73 Å². The lowest BCUT2D eigenvalue weighted by Gasteiger charge is -2.35. The van der Waals surface area contributed by atoms with Gasteiger partial charge in [0.1, 0.15) is 0 Å². The standard InChI is InChI=1S/C36H33N/c1-2-3-4-5-11-22-36(30-14-7-6-8-15-30)34-25-29(26-16-19-31(37)20-17-26)18-21-32(34)33-23-27-12-9-10-13-28(27)24-35(33)36/h2,5-7,9-14,16-21,23-25H,1,3-4,8,15,22,37H2/b11-5-. The second-order valence-corrected chi connectivity index (χ2v) is 10.2. The normalized spacial score (nSPS) is 18.1. The molecular weight excluding hydrogens is 446 g/mol. The van der Waals surface area contributed by atoms with Crippen molar-refractivity contribution >= 4 is 16.5 Å². The zero-order valence-electron chi connectivity index (χ0n) is 21.3. The van der Waals surface area contributed by atoms with Gasteiger partial charge in [0.15, 0.2) is 0 Å². The molecule has 4 aromatic rings. The Morgan fingerprint density at radius 1 is 0.784 bits per heavy atom. The van der Waals surface area contributed by atoms with E-state index in [-0.39, 0.29) is 5.41 Å². The second-order valence-electron chi connectivity index (χ2n) is 10.2.